The molecule has 7 heteroatoms. The second kappa shape index (κ2) is 6.19. The number of hydrogen-bond donors (Lipinski definition) is 1. The molecule has 0 spiro atoms. The highest BCUT2D eigenvalue weighted by molar-refractivity contribution is 5.95. The van der Waals surface area contributed by atoms with Crippen molar-refractivity contribution in [3.63, 3.8) is 0 Å². The van der Waals surface area contributed by atoms with Crippen molar-refractivity contribution < 1.29 is 9.59 Å². The van der Waals surface area contributed by atoms with Crippen LogP contribution in [0.1, 0.15) is 34.5 Å². The van der Waals surface area contributed by atoms with E-state index in [1.165, 1.54) is 6.92 Å². The van der Waals surface area contributed by atoms with E-state index < -0.39 is 0 Å². The number of carbonyl (C=O) groups is 2. The van der Waals surface area contributed by atoms with Crippen LogP contribution in [0.3, 0.4) is 0 Å². The minimum absolute atomic E-state index is 0.0139. The monoisotopic (exact) mass is 323 g/mol. The van der Waals surface area contributed by atoms with E-state index in [-0.39, 0.29) is 18.1 Å². The summed E-state index contributed by atoms with van der Waals surface area (Å²) in [6, 6.07) is 8.65. The van der Waals surface area contributed by atoms with Crippen LogP contribution in [-0.4, -0.2) is 31.3 Å². The van der Waals surface area contributed by atoms with Crippen LogP contribution < -0.4 is 5.32 Å². The summed E-state index contributed by atoms with van der Waals surface area (Å²) in [5, 5.41) is 7.08. The molecule has 1 amide bonds. The Labute approximate surface area is 138 Å². The molecular weight excluding hydrogens is 306 g/mol. The van der Waals surface area contributed by atoms with E-state index in [1.54, 1.807) is 28.8 Å². The quantitative estimate of drug-likeness (QED) is 0.743. The molecule has 0 atom stereocenters. The molecule has 7 nitrogen and oxygen atoms in total. The van der Waals surface area contributed by atoms with Gasteiger partial charge in [-0.2, -0.15) is 4.98 Å². The van der Waals surface area contributed by atoms with E-state index in [4.69, 9.17) is 0 Å². The Morgan fingerprint density at radius 3 is 2.50 bits per heavy atom. The molecule has 0 aliphatic carbocycles. The lowest BCUT2D eigenvalue weighted by Gasteiger charge is -2.04. The molecule has 0 bridgehead atoms. The molecule has 0 radical (unpaired) electrons. The molecule has 3 rings (SSSR count). The number of anilines is 1. The van der Waals surface area contributed by atoms with E-state index in [0.29, 0.717) is 22.9 Å². The highest BCUT2D eigenvalue weighted by Crippen LogP contribution is 2.11. The second-order valence-corrected chi connectivity index (χ2v) is 5.64. The first-order valence-corrected chi connectivity index (χ1v) is 7.53. The summed E-state index contributed by atoms with van der Waals surface area (Å²) in [7, 11) is 0. The Morgan fingerprint density at radius 2 is 1.83 bits per heavy atom. The topological polar surface area (TPSA) is 89.2 Å². The van der Waals surface area contributed by atoms with E-state index >= 15 is 0 Å². The molecule has 24 heavy (non-hydrogen) atoms. The fourth-order valence-corrected chi connectivity index (χ4v) is 2.42. The number of carbonyl (C=O) groups excluding carboxylic acids is 2. The fraction of sp³-hybridized carbons (Fsp3) is 0.235. The Bertz CT molecular complexity index is 928. The Morgan fingerprint density at radius 1 is 1.12 bits per heavy atom. The minimum Gasteiger partial charge on any atom is -0.326 e. The van der Waals surface area contributed by atoms with Crippen LogP contribution in [0.2, 0.25) is 0 Å². The van der Waals surface area contributed by atoms with Gasteiger partial charge in [0, 0.05) is 22.6 Å². The lowest BCUT2D eigenvalue weighted by molar-refractivity contribution is -0.115. The minimum atomic E-state index is -0.226. The van der Waals surface area contributed by atoms with Gasteiger partial charge in [-0.1, -0.05) is 0 Å². The summed E-state index contributed by atoms with van der Waals surface area (Å²) in [5.41, 5.74) is 3.00. The number of nitrogens with zero attached hydrogens (tertiary/aromatic N) is 4. The highest BCUT2D eigenvalue weighted by Gasteiger charge is 2.12. The third kappa shape index (κ3) is 3.29. The molecule has 2 aromatic heterocycles. The first-order chi connectivity index (χ1) is 11.4. The van der Waals surface area contributed by atoms with Crippen LogP contribution in [0, 0.1) is 13.8 Å². The molecule has 0 aliphatic heterocycles. The number of amides is 1. The molecule has 0 unspecified atom stereocenters. The number of hydrogen-bond acceptors (Lipinski definition) is 5. The van der Waals surface area contributed by atoms with Crippen molar-refractivity contribution in [1.29, 1.82) is 0 Å². The summed E-state index contributed by atoms with van der Waals surface area (Å²) >= 11 is 0. The first kappa shape index (κ1) is 15.8. The Kier molecular flexibility index (Phi) is 4.07. The maximum Gasteiger partial charge on any atom is 0.252 e. The van der Waals surface area contributed by atoms with Crippen LogP contribution in [0.25, 0.3) is 5.78 Å². The van der Waals surface area contributed by atoms with Gasteiger partial charge < -0.3 is 5.32 Å². The Balaban J connectivity index is 1.72. The van der Waals surface area contributed by atoms with E-state index in [0.717, 1.165) is 11.4 Å². The highest BCUT2D eigenvalue weighted by atomic mass is 16.1. The lowest BCUT2D eigenvalue weighted by Crippen LogP contribution is -2.15. The third-order valence-corrected chi connectivity index (χ3v) is 3.56. The summed E-state index contributed by atoms with van der Waals surface area (Å²) in [4.78, 5) is 32.0. The zero-order chi connectivity index (χ0) is 17.3. The van der Waals surface area contributed by atoms with Crippen molar-refractivity contribution in [2.75, 3.05) is 5.32 Å². The molecule has 0 aliphatic rings. The summed E-state index contributed by atoms with van der Waals surface area (Å²) in [6.07, 6.45) is 0.0519. The molecule has 2 heterocycles. The number of nitrogens with one attached hydrogen (secondary N) is 1. The van der Waals surface area contributed by atoms with Crippen LogP contribution >= 0.6 is 0 Å². The normalized spacial score (nSPS) is 10.8. The van der Waals surface area contributed by atoms with Crippen molar-refractivity contribution in [1.82, 2.24) is 19.6 Å². The van der Waals surface area contributed by atoms with E-state index in [1.807, 2.05) is 19.9 Å². The maximum absolute atomic E-state index is 12.1. The Hall–Kier alpha value is -3.09. The van der Waals surface area contributed by atoms with Crippen LogP contribution in [-0.2, 0) is 11.2 Å². The number of aryl methyl sites for hydroxylation is 2. The van der Waals surface area contributed by atoms with Gasteiger partial charge in [-0.05, 0) is 51.1 Å². The van der Waals surface area contributed by atoms with Gasteiger partial charge in [-0.3, -0.25) is 9.59 Å². The van der Waals surface area contributed by atoms with Gasteiger partial charge >= 0.3 is 0 Å². The molecule has 1 N–H and O–H groups in total. The summed E-state index contributed by atoms with van der Waals surface area (Å²) in [5.74, 6) is 0.658. The zero-order valence-corrected chi connectivity index (χ0v) is 13.7. The van der Waals surface area contributed by atoms with Crippen molar-refractivity contribution in [2.24, 2.45) is 0 Å². The SMILES string of the molecule is CC(=O)c1ccc(NC(=O)Cc2nc3nc(C)cc(C)n3n2)cc1. The third-order valence-electron chi connectivity index (χ3n) is 3.56. The number of aromatic nitrogens is 4. The smallest absolute Gasteiger partial charge is 0.252 e. The molecule has 122 valence electrons. The number of benzene rings is 1. The van der Waals surface area contributed by atoms with Crippen molar-refractivity contribution in [3.8, 4) is 0 Å². The lowest BCUT2D eigenvalue weighted by atomic mass is 10.1. The average molecular weight is 323 g/mol. The van der Waals surface area contributed by atoms with Gasteiger partial charge in [-0.15, -0.1) is 5.10 Å². The molecule has 3 aromatic rings. The summed E-state index contributed by atoms with van der Waals surface area (Å²) < 4.78 is 1.62. The van der Waals surface area contributed by atoms with Gasteiger partial charge in [-0.25, -0.2) is 9.50 Å². The van der Waals surface area contributed by atoms with Gasteiger partial charge in [0.25, 0.3) is 5.78 Å². The first-order valence-electron chi connectivity index (χ1n) is 7.53. The van der Waals surface area contributed by atoms with Gasteiger partial charge in [0.05, 0.1) is 6.42 Å². The van der Waals surface area contributed by atoms with Gasteiger partial charge in [0.1, 0.15) is 0 Å². The maximum atomic E-state index is 12.1. The fourth-order valence-electron chi connectivity index (χ4n) is 2.42. The van der Waals surface area contributed by atoms with Crippen molar-refractivity contribution in [3.05, 3.63) is 53.1 Å². The van der Waals surface area contributed by atoms with Gasteiger partial charge in [0.15, 0.2) is 11.6 Å². The predicted octanol–water partition coefficient (Wildman–Crippen LogP) is 2.12. The molecule has 0 saturated heterocycles. The largest absolute Gasteiger partial charge is 0.326 e. The van der Waals surface area contributed by atoms with Gasteiger partial charge in [0.2, 0.25) is 5.91 Å². The number of rotatable bonds is 4. The number of Topliss-reactive ketones (excluding diaryl/α,β-unsaturated/α-hetero) is 1. The zero-order valence-electron chi connectivity index (χ0n) is 13.7. The number of fused-ring (bicyclic) bond motifs is 1. The molecule has 0 fully saturated rings. The van der Waals surface area contributed by atoms with E-state index in [9.17, 15) is 9.59 Å². The van der Waals surface area contributed by atoms with Crippen molar-refractivity contribution >= 4 is 23.2 Å². The molecule has 1 aromatic carbocycles. The molecule has 0 saturated carbocycles. The van der Waals surface area contributed by atoms with Crippen LogP contribution in [0.15, 0.2) is 30.3 Å². The summed E-state index contributed by atoms with van der Waals surface area (Å²) in [6.45, 7) is 5.30. The van der Waals surface area contributed by atoms with Crippen molar-refractivity contribution in [2.45, 2.75) is 27.2 Å². The average Bonchev–Trinajstić information content (AvgIpc) is 2.90. The second-order valence-electron chi connectivity index (χ2n) is 5.64. The van der Waals surface area contributed by atoms with Crippen LogP contribution in [0.4, 0.5) is 5.69 Å². The predicted molar refractivity (Wildman–Crippen MR) is 89.0 cm³/mol. The standard InChI is InChI=1S/C17H17N5O2/c1-10-8-11(2)22-17(18-10)20-15(21-22)9-16(24)19-14-6-4-13(5-7-14)12(3)23/h4-8H,9H2,1-3H3,(H,19,24). The number of ketones is 1. The van der Waals surface area contributed by atoms with E-state index in [2.05, 4.69) is 20.4 Å². The van der Waals surface area contributed by atoms with Crippen LogP contribution in [0.5, 0.6) is 0 Å². The molecular formula is C17H17N5O2.